The van der Waals surface area contributed by atoms with Gasteiger partial charge in [0.15, 0.2) is 0 Å². The minimum absolute atomic E-state index is 0.238. The zero-order chi connectivity index (χ0) is 11.6. The Morgan fingerprint density at radius 2 is 2.00 bits per heavy atom. The minimum atomic E-state index is 0.238. The molecule has 1 fully saturated rings. The van der Waals surface area contributed by atoms with Gasteiger partial charge in [-0.2, -0.15) is 0 Å². The van der Waals surface area contributed by atoms with Crippen LogP contribution in [0.3, 0.4) is 0 Å². The van der Waals surface area contributed by atoms with E-state index in [1.165, 1.54) is 0 Å². The molecule has 14 heavy (non-hydrogen) atoms. The zero-order valence-corrected chi connectivity index (χ0v) is 9.91. The molecule has 0 aromatic carbocycles. The maximum atomic E-state index is 10.9. The molecule has 0 radical (unpaired) electrons. The Bertz CT molecular complexity index is 139. The fraction of sp³-hybridized carbons (Fsp3) is 0.900. The molecule has 1 atom stereocenters. The van der Waals surface area contributed by atoms with Crippen LogP contribution in [0.15, 0.2) is 0 Å². The molecule has 1 unspecified atom stereocenters. The van der Waals surface area contributed by atoms with Crippen molar-refractivity contribution in [3.05, 3.63) is 0 Å². The molecule has 4 nitrogen and oxygen atoms in total. The molecule has 1 aliphatic heterocycles. The highest BCUT2D eigenvalue weighted by molar-refractivity contribution is 5.78. The molecule has 0 saturated carbocycles. The number of aliphatic hydroxyl groups excluding tert-OH is 1. The van der Waals surface area contributed by atoms with Crippen LogP contribution in [0.1, 0.15) is 26.7 Å². The first-order valence-corrected chi connectivity index (χ1v) is 4.95. The Morgan fingerprint density at radius 3 is 2.29 bits per heavy atom. The number of ether oxygens (including phenoxy) is 1. The number of aliphatic hydroxyl groups is 1. The Morgan fingerprint density at radius 1 is 1.50 bits per heavy atom. The van der Waals surface area contributed by atoms with E-state index in [9.17, 15) is 4.79 Å². The van der Waals surface area contributed by atoms with Crippen LogP contribution < -0.4 is 0 Å². The van der Waals surface area contributed by atoms with Crippen molar-refractivity contribution in [2.24, 2.45) is 0 Å². The predicted molar refractivity (Wildman–Crippen MR) is 57.2 cm³/mol. The van der Waals surface area contributed by atoms with E-state index >= 15 is 0 Å². The Balaban J connectivity index is 0. The van der Waals surface area contributed by atoms with Gasteiger partial charge in [-0.1, -0.05) is 13.8 Å². The number of amides is 1. The van der Waals surface area contributed by atoms with Gasteiger partial charge in [0, 0.05) is 27.7 Å². The van der Waals surface area contributed by atoms with Gasteiger partial charge in [-0.3, -0.25) is 4.79 Å². The Hall–Kier alpha value is -0.610. The summed E-state index contributed by atoms with van der Waals surface area (Å²) in [7, 11) is 4.50. The smallest absolute Gasteiger partial charge is 0.222 e. The summed E-state index contributed by atoms with van der Waals surface area (Å²) in [5.41, 5.74) is 0. The number of carbonyl (C=O) groups excluding carboxylic acids is 1. The molecule has 1 aliphatic rings. The molecule has 1 saturated heterocycles. The Kier molecular flexibility index (Phi) is 11.9. The average Bonchev–Trinajstić information content (AvgIpc) is 2.56. The summed E-state index contributed by atoms with van der Waals surface area (Å²) in [5, 5.41) is 7.00. The van der Waals surface area contributed by atoms with Gasteiger partial charge in [0.1, 0.15) is 0 Å². The van der Waals surface area contributed by atoms with Crippen molar-refractivity contribution >= 4 is 5.91 Å². The SMILES string of the molecule is CC.CO.COCC1CCC(=O)N1C. The first-order valence-electron chi connectivity index (χ1n) is 4.95. The summed E-state index contributed by atoms with van der Waals surface area (Å²) in [6.45, 7) is 4.67. The third-order valence-electron chi connectivity index (χ3n) is 1.99. The van der Waals surface area contributed by atoms with Gasteiger partial charge in [0.05, 0.1) is 12.6 Å². The van der Waals surface area contributed by atoms with E-state index in [0.29, 0.717) is 19.1 Å². The summed E-state index contributed by atoms with van der Waals surface area (Å²) in [6.07, 6.45) is 1.63. The second-order valence-electron chi connectivity index (χ2n) is 2.65. The van der Waals surface area contributed by atoms with Gasteiger partial charge < -0.3 is 14.7 Å². The highest BCUT2D eigenvalue weighted by Crippen LogP contribution is 2.15. The van der Waals surface area contributed by atoms with Crippen LogP contribution in [0.4, 0.5) is 0 Å². The lowest BCUT2D eigenvalue weighted by Crippen LogP contribution is -2.31. The van der Waals surface area contributed by atoms with Gasteiger partial charge in [-0.25, -0.2) is 0 Å². The van der Waals surface area contributed by atoms with E-state index in [1.807, 2.05) is 20.9 Å². The molecule has 0 aliphatic carbocycles. The van der Waals surface area contributed by atoms with Crippen LogP contribution in [0.25, 0.3) is 0 Å². The molecule has 0 aromatic rings. The summed E-state index contributed by atoms with van der Waals surface area (Å²) in [6, 6.07) is 0.317. The average molecular weight is 205 g/mol. The topological polar surface area (TPSA) is 49.8 Å². The zero-order valence-electron chi connectivity index (χ0n) is 9.91. The first-order chi connectivity index (χ1) is 6.75. The largest absolute Gasteiger partial charge is 0.400 e. The fourth-order valence-corrected chi connectivity index (χ4v) is 1.25. The normalized spacial score (nSPS) is 19.4. The lowest BCUT2D eigenvalue weighted by molar-refractivity contribution is -0.128. The van der Waals surface area contributed by atoms with Crippen molar-refractivity contribution in [2.45, 2.75) is 32.7 Å². The van der Waals surface area contributed by atoms with Crippen LogP contribution in [0.5, 0.6) is 0 Å². The number of rotatable bonds is 2. The minimum Gasteiger partial charge on any atom is -0.400 e. The number of hydrogen-bond acceptors (Lipinski definition) is 3. The van der Waals surface area contributed by atoms with Crippen LogP contribution in [0.2, 0.25) is 0 Å². The number of likely N-dealkylation sites (tertiary alicyclic amines) is 1. The number of hydrogen-bond donors (Lipinski definition) is 1. The van der Waals surface area contributed by atoms with E-state index in [2.05, 4.69) is 0 Å². The van der Waals surface area contributed by atoms with Crippen LogP contribution in [-0.4, -0.2) is 49.8 Å². The molecule has 1 heterocycles. The van der Waals surface area contributed by atoms with Crippen molar-refractivity contribution < 1.29 is 14.6 Å². The van der Waals surface area contributed by atoms with Crippen molar-refractivity contribution in [2.75, 3.05) is 27.9 Å². The van der Waals surface area contributed by atoms with E-state index in [0.717, 1.165) is 13.5 Å². The molecular weight excluding hydrogens is 182 g/mol. The number of likely N-dealkylation sites (N-methyl/N-ethyl adjacent to an activating group) is 1. The number of methoxy groups -OCH3 is 1. The van der Waals surface area contributed by atoms with Crippen molar-refractivity contribution in [3.63, 3.8) is 0 Å². The molecule has 0 spiro atoms. The number of nitrogens with zero attached hydrogens (tertiary/aromatic N) is 1. The van der Waals surface area contributed by atoms with Crippen molar-refractivity contribution in [1.29, 1.82) is 0 Å². The summed E-state index contributed by atoms with van der Waals surface area (Å²) in [5.74, 6) is 0.238. The van der Waals surface area contributed by atoms with Crippen LogP contribution in [-0.2, 0) is 9.53 Å². The van der Waals surface area contributed by atoms with Gasteiger partial charge in [-0.15, -0.1) is 0 Å². The lowest BCUT2D eigenvalue weighted by Gasteiger charge is -2.18. The lowest BCUT2D eigenvalue weighted by atomic mass is 10.2. The molecule has 1 N–H and O–H groups in total. The standard InChI is InChI=1S/C7H13NO2.C2H6.CH4O/c1-8-6(5-10-2)3-4-7(8)9;2*1-2/h6H,3-5H2,1-2H3;1-2H3;2H,1H3. The van der Waals surface area contributed by atoms with E-state index in [4.69, 9.17) is 9.84 Å². The third-order valence-corrected chi connectivity index (χ3v) is 1.99. The van der Waals surface area contributed by atoms with Crippen molar-refractivity contribution in [1.82, 2.24) is 4.90 Å². The molecule has 86 valence electrons. The highest BCUT2D eigenvalue weighted by Gasteiger charge is 2.26. The van der Waals surface area contributed by atoms with Gasteiger partial charge >= 0.3 is 0 Å². The molecular formula is C10H23NO3. The van der Waals surface area contributed by atoms with Gasteiger partial charge in [-0.05, 0) is 6.42 Å². The summed E-state index contributed by atoms with van der Waals surface area (Å²) < 4.78 is 4.95. The van der Waals surface area contributed by atoms with Gasteiger partial charge in [0.25, 0.3) is 0 Å². The first kappa shape index (κ1) is 15.8. The predicted octanol–water partition coefficient (Wildman–Crippen LogP) is 0.888. The molecule has 0 aromatic heterocycles. The van der Waals surface area contributed by atoms with E-state index in [1.54, 1.807) is 12.0 Å². The monoisotopic (exact) mass is 205 g/mol. The second-order valence-corrected chi connectivity index (χ2v) is 2.65. The molecule has 1 amide bonds. The van der Waals surface area contributed by atoms with E-state index < -0.39 is 0 Å². The van der Waals surface area contributed by atoms with E-state index in [-0.39, 0.29) is 5.91 Å². The Labute approximate surface area is 86.9 Å². The maximum Gasteiger partial charge on any atom is 0.222 e. The maximum absolute atomic E-state index is 10.9. The number of carbonyl (C=O) groups is 1. The van der Waals surface area contributed by atoms with Crippen LogP contribution >= 0.6 is 0 Å². The summed E-state index contributed by atoms with van der Waals surface area (Å²) >= 11 is 0. The van der Waals surface area contributed by atoms with Crippen molar-refractivity contribution in [3.8, 4) is 0 Å². The quantitative estimate of drug-likeness (QED) is 0.728. The fourth-order valence-electron chi connectivity index (χ4n) is 1.25. The third kappa shape index (κ3) is 5.19. The molecule has 0 bridgehead atoms. The highest BCUT2D eigenvalue weighted by atomic mass is 16.5. The van der Waals surface area contributed by atoms with Crippen LogP contribution in [0, 0.1) is 0 Å². The second kappa shape index (κ2) is 10.5. The van der Waals surface area contributed by atoms with Gasteiger partial charge in [0.2, 0.25) is 5.91 Å². The molecule has 1 rings (SSSR count). The molecule has 4 heteroatoms. The summed E-state index contributed by atoms with van der Waals surface area (Å²) in [4.78, 5) is 12.7.